The van der Waals surface area contributed by atoms with Crippen molar-refractivity contribution in [2.24, 2.45) is 17.3 Å². The van der Waals surface area contributed by atoms with Gasteiger partial charge in [0.15, 0.2) is 0 Å². The van der Waals surface area contributed by atoms with Crippen LogP contribution in [-0.4, -0.2) is 16.1 Å². The molecule has 1 aromatic carbocycles. The summed E-state index contributed by atoms with van der Waals surface area (Å²) in [6, 6.07) is 6.16. The van der Waals surface area contributed by atoms with Crippen LogP contribution < -0.4 is 0 Å². The van der Waals surface area contributed by atoms with Crippen molar-refractivity contribution in [1.82, 2.24) is 0 Å². The van der Waals surface area contributed by atoms with E-state index in [1.54, 1.807) is 0 Å². The summed E-state index contributed by atoms with van der Waals surface area (Å²) in [6.07, 6.45) is 7.91. The molecule has 1 fully saturated rings. The quantitative estimate of drug-likeness (QED) is 0.666. The Morgan fingerprint density at radius 3 is 2.79 bits per heavy atom. The van der Waals surface area contributed by atoms with Crippen LogP contribution in [-0.2, 0) is 6.42 Å². The summed E-state index contributed by atoms with van der Waals surface area (Å²) in [5.74, 6) is 4.00. The van der Waals surface area contributed by atoms with Crippen LogP contribution in [0.2, 0.25) is 0 Å². The minimum Gasteiger partial charge on any atom is -0.508 e. The molecule has 0 aliphatic heterocycles. The topological polar surface area (TPSA) is 20.2 Å². The van der Waals surface area contributed by atoms with Crippen LogP contribution in [0.4, 0.5) is 0 Å². The SMILES string of the molecule is CCSC1CC(CCC(C)C)C2(C)CCc3cc(O)ccc3C2C1. The van der Waals surface area contributed by atoms with Gasteiger partial charge in [-0.05, 0) is 84.3 Å². The summed E-state index contributed by atoms with van der Waals surface area (Å²) in [7, 11) is 0. The number of phenols is 1. The fourth-order valence-electron chi connectivity index (χ4n) is 5.27. The maximum atomic E-state index is 9.88. The second-order valence-corrected chi connectivity index (χ2v) is 10.2. The van der Waals surface area contributed by atoms with Crippen molar-refractivity contribution in [2.45, 2.75) is 77.4 Å². The number of phenolic OH excluding ortho intramolecular Hbond substituents is 1. The van der Waals surface area contributed by atoms with Crippen molar-refractivity contribution < 1.29 is 5.11 Å². The van der Waals surface area contributed by atoms with Crippen LogP contribution in [0, 0.1) is 17.3 Å². The lowest BCUT2D eigenvalue weighted by atomic mass is 9.53. The van der Waals surface area contributed by atoms with E-state index >= 15 is 0 Å². The molecule has 0 radical (unpaired) electrons. The van der Waals surface area contributed by atoms with E-state index in [9.17, 15) is 5.11 Å². The van der Waals surface area contributed by atoms with Crippen molar-refractivity contribution in [1.29, 1.82) is 0 Å². The molecule has 1 saturated carbocycles. The second-order valence-electron chi connectivity index (χ2n) is 8.66. The minimum atomic E-state index is 0.434. The van der Waals surface area contributed by atoms with E-state index < -0.39 is 0 Å². The van der Waals surface area contributed by atoms with E-state index in [-0.39, 0.29) is 0 Å². The van der Waals surface area contributed by atoms with Gasteiger partial charge in [0.05, 0.1) is 0 Å². The van der Waals surface area contributed by atoms with Crippen molar-refractivity contribution >= 4 is 11.8 Å². The maximum Gasteiger partial charge on any atom is 0.115 e. The molecule has 0 aromatic heterocycles. The molecule has 1 N–H and O–H groups in total. The third-order valence-electron chi connectivity index (χ3n) is 6.70. The summed E-state index contributed by atoms with van der Waals surface area (Å²) in [6.45, 7) is 9.60. The van der Waals surface area contributed by atoms with E-state index in [0.717, 1.165) is 23.5 Å². The lowest BCUT2D eigenvalue weighted by Crippen LogP contribution is -2.44. The zero-order chi connectivity index (χ0) is 17.3. The van der Waals surface area contributed by atoms with Gasteiger partial charge in [-0.15, -0.1) is 0 Å². The van der Waals surface area contributed by atoms with Crippen LogP contribution in [0.3, 0.4) is 0 Å². The van der Waals surface area contributed by atoms with Gasteiger partial charge in [-0.2, -0.15) is 11.8 Å². The van der Waals surface area contributed by atoms with Crippen molar-refractivity contribution in [3.63, 3.8) is 0 Å². The van der Waals surface area contributed by atoms with E-state index in [4.69, 9.17) is 0 Å². The fraction of sp³-hybridized carbons (Fsp3) is 0.727. The number of aromatic hydroxyl groups is 1. The monoisotopic (exact) mass is 346 g/mol. The van der Waals surface area contributed by atoms with Crippen molar-refractivity contribution in [3.8, 4) is 5.75 Å². The summed E-state index contributed by atoms with van der Waals surface area (Å²) >= 11 is 2.17. The number of hydrogen-bond acceptors (Lipinski definition) is 2. The number of aryl methyl sites for hydroxylation is 1. The van der Waals surface area contributed by atoms with Gasteiger partial charge in [0.2, 0.25) is 0 Å². The Hall–Kier alpha value is -0.630. The summed E-state index contributed by atoms with van der Waals surface area (Å²) < 4.78 is 0. The molecule has 2 aliphatic rings. The van der Waals surface area contributed by atoms with Crippen molar-refractivity contribution in [2.75, 3.05) is 5.75 Å². The first kappa shape index (κ1) is 18.2. The Kier molecular flexibility index (Phi) is 5.54. The maximum absolute atomic E-state index is 9.88. The summed E-state index contributed by atoms with van der Waals surface area (Å²) in [5, 5.41) is 10.7. The molecule has 0 amide bonds. The van der Waals surface area contributed by atoms with E-state index in [1.807, 2.05) is 12.1 Å². The molecule has 0 saturated heterocycles. The minimum absolute atomic E-state index is 0.434. The van der Waals surface area contributed by atoms with Gasteiger partial charge in [-0.1, -0.05) is 40.2 Å². The molecular formula is C22H34OS. The highest BCUT2D eigenvalue weighted by Crippen LogP contribution is 2.59. The standard InChI is InChI=1S/C22H34OS/c1-5-24-19-13-17(7-6-15(2)3)22(4)11-10-16-12-18(23)8-9-20(16)21(22)14-19/h8-9,12,15,17,19,21,23H,5-7,10-11,13-14H2,1-4H3. The molecule has 134 valence electrons. The average Bonchev–Trinajstić information content (AvgIpc) is 2.53. The predicted molar refractivity (Wildman–Crippen MR) is 106 cm³/mol. The number of rotatable bonds is 5. The molecule has 4 atom stereocenters. The Morgan fingerprint density at radius 2 is 2.08 bits per heavy atom. The highest BCUT2D eigenvalue weighted by Gasteiger charge is 2.49. The molecular weight excluding hydrogens is 312 g/mol. The zero-order valence-electron chi connectivity index (χ0n) is 15.8. The first-order valence-corrected chi connectivity index (χ1v) is 10.9. The Morgan fingerprint density at radius 1 is 1.29 bits per heavy atom. The number of fused-ring (bicyclic) bond motifs is 3. The molecule has 1 aromatic rings. The third kappa shape index (κ3) is 3.49. The third-order valence-corrected chi connectivity index (χ3v) is 7.89. The van der Waals surface area contributed by atoms with Gasteiger partial charge in [0.25, 0.3) is 0 Å². The number of hydrogen-bond donors (Lipinski definition) is 1. The summed E-state index contributed by atoms with van der Waals surface area (Å²) in [4.78, 5) is 0. The van der Waals surface area contributed by atoms with E-state index in [1.165, 1.54) is 49.0 Å². The van der Waals surface area contributed by atoms with Gasteiger partial charge in [-0.3, -0.25) is 0 Å². The van der Waals surface area contributed by atoms with Gasteiger partial charge in [-0.25, -0.2) is 0 Å². The van der Waals surface area contributed by atoms with Gasteiger partial charge >= 0.3 is 0 Å². The molecule has 0 spiro atoms. The summed E-state index contributed by atoms with van der Waals surface area (Å²) in [5.41, 5.74) is 3.39. The Bertz CT molecular complexity index is 567. The molecule has 1 nitrogen and oxygen atoms in total. The normalized spacial score (nSPS) is 32.5. The van der Waals surface area contributed by atoms with Crippen LogP contribution in [0.25, 0.3) is 0 Å². The van der Waals surface area contributed by atoms with E-state index in [0.29, 0.717) is 17.1 Å². The molecule has 2 heteroatoms. The van der Waals surface area contributed by atoms with Crippen LogP contribution >= 0.6 is 11.8 Å². The smallest absolute Gasteiger partial charge is 0.115 e. The number of benzene rings is 1. The molecule has 4 unspecified atom stereocenters. The lowest BCUT2D eigenvalue weighted by Gasteiger charge is -2.53. The molecule has 3 rings (SSSR count). The van der Waals surface area contributed by atoms with Gasteiger partial charge in [0.1, 0.15) is 5.75 Å². The lowest BCUT2D eigenvalue weighted by molar-refractivity contribution is 0.0589. The average molecular weight is 347 g/mol. The first-order chi connectivity index (χ1) is 11.4. The molecule has 2 aliphatic carbocycles. The van der Waals surface area contributed by atoms with Crippen LogP contribution in [0.15, 0.2) is 18.2 Å². The predicted octanol–water partition coefficient (Wildman–Crippen LogP) is 6.40. The molecule has 0 heterocycles. The number of thioether (sulfide) groups is 1. The molecule has 0 bridgehead atoms. The van der Waals surface area contributed by atoms with Gasteiger partial charge < -0.3 is 5.11 Å². The fourth-order valence-corrected chi connectivity index (χ4v) is 6.43. The zero-order valence-corrected chi connectivity index (χ0v) is 16.7. The van der Waals surface area contributed by atoms with E-state index in [2.05, 4.69) is 45.5 Å². The Labute approximate surface area is 152 Å². The van der Waals surface area contributed by atoms with Gasteiger partial charge in [0, 0.05) is 5.25 Å². The highest BCUT2D eigenvalue weighted by molar-refractivity contribution is 7.99. The molecule has 24 heavy (non-hydrogen) atoms. The largest absolute Gasteiger partial charge is 0.508 e. The van der Waals surface area contributed by atoms with Crippen LogP contribution in [0.1, 0.15) is 76.8 Å². The Balaban J connectivity index is 1.91. The van der Waals surface area contributed by atoms with Crippen molar-refractivity contribution in [3.05, 3.63) is 29.3 Å². The second kappa shape index (κ2) is 7.32. The first-order valence-electron chi connectivity index (χ1n) is 9.87. The van der Waals surface area contributed by atoms with Crippen LogP contribution in [0.5, 0.6) is 5.75 Å². The highest BCUT2D eigenvalue weighted by atomic mass is 32.2.